The van der Waals surface area contributed by atoms with Crippen LogP contribution in [0.25, 0.3) is 0 Å². The van der Waals surface area contributed by atoms with Crippen LogP contribution in [0, 0.1) is 5.82 Å². The van der Waals surface area contributed by atoms with Crippen LogP contribution in [0.5, 0.6) is 0 Å². The third-order valence-electron chi connectivity index (χ3n) is 3.72. The number of ether oxygens (including phenoxy) is 1. The number of amides is 1. The number of thiophene rings is 1. The maximum atomic E-state index is 13.1. The van der Waals surface area contributed by atoms with Gasteiger partial charge in [-0.25, -0.2) is 9.18 Å². The van der Waals surface area contributed by atoms with Crippen molar-refractivity contribution in [3.8, 4) is 0 Å². The molecule has 0 aliphatic heterocycles. The second-order valence-electron chi connectivity index (χ2n) is 5.47. The van der Waals surface area contributed by atoms with E-state index in [1.807, 2.05) is 5.38 Å². The number of carbonyl (C=O) groups excluding carboxylic acids is 2. The number of carbonyl (C=O) groups is 2. The van der Waals surface area contributed by atoms with Gasteiger partial charge in [-0.05, 0) is 54.8 Å². The summed E-state index contributed by atoms with van der Waals surface area (Å²) in [4.78, 5) is 24.7. The van der Waals surface area contributed by atoms with Crippen molar-refractivity contribution >= 4 is 39.8 Å². The first kappa shape index (κ1) is 16.9. The average Bonchev–Trinajstić information content (AvgIpc) is 3.28. The van der Waals surface area contributed by atoms with E-state index in [1.54, 1.807) is 6.92 Å². The summed E-state index contributed by atoms with van der Waals surface area (Å²) < 4.78 is 18.2. The highest BCUT2D eigenvalue weighted by Gasteiger charge is 2.32. The predicted molar refractivity (Wildman–Crippen MR) is 91.6 cm³/mol. The van der Waals surface area contributed by atoms with E-state index in [2.05, 4.69) is 5.32 Å². The molecule has 1 aliphatic rings. The van der Waals surface area contributed by atoms with Gasteiger partial charge in [0.15, 0.2) is 0 Å². The molecule has 1 amide bonds. The van der Waals surface area contributed by atoms with Crippen LogP contribution in [0.2, 0.25) is 5.02 Å². The summed E-state index contributed by atoms with van der Waals surface area (Å²) in [7, 11) is 0. The second-order valence-corrected chi connectivity index (χ2v) is 6.76. The molecule has 2 aromatic rings. The van der Waals surface area contributed by atoms with E-state index >= 15 is 0 Å². The highest BCUT2D eigenvalue weighted by Crippen LogP contribution is 2.46. The summed E-state index contributed by atoms with van der Waals surface area (Å²) in [5.41, 5.74) is 1.48. The maximum absolute atomic E-state index is 13.1. The molecule has 3 rings (SSSR count). The Kier molecular flexibility index (Phi) is 4.87. The molecule has 0 spiro atoms. The average molecular weight is 368 g/mol. The van der Waals surface area contributed by atoms with Crippen LogP contribution in [0.4, 0.5) is 9.39 Å². The Hall–Kier alpha value is -1.92. The van der Waals surface area contributed by atoms with E-state index in [0.717, 1.165) is 30.5 Å². The predicted octanol–water partition coefficient (Wildman–Crippen LogP) is 4.85. The first-order valence-electron chi connectivity index (χ1n) is 7.56. The van der Waals surface area contributed by atoms with E-state index in [1.165, 1.54) is 17.4 Å². The van der Waals surface area contributed by atoms with Gasteiger partial charge in [-0.1, -0.05) is 11.6 Å². The molecule has 1 aromatic carbocycles. The normalized spacial score (nSPS) is 13.6. The number of rotatable bonds is 5. The molecule has 1 heterocycles. The van der Waals surface area contributed by atoms with Gasteiger partial charge in [0.25, 0.3) is 5.91 Å². The fourth-order valence-electron chi connectivity index (χ4n) is 2.42. The minimum absolute atomic E-state index is 0.0177. The van der Waals surface area contributed by atoms with Crippen molar-refractivity contribution in [2.45, 2.75) is 25.7 Å². The highest BCUT2D eigenvalue weighted by molar-refractivity contribution is 7.15. The zero-order chi connectivity index (χ0) is 17.3. The van der Waals surface area contributed by atoms with Crippen LogP contribution in [-0.4, -0.2) is 18.5 Å². The van der Waals surface area contributed by atoms with Crippen molar-refractivity contribution in [3.63, 3.8) is 0 Å². The highest BCUT2D eigenvalue weighted by atomic mass is 35.5. The van der Waals surface area contributed by atoms with Crippen LogP contribution < -0.4 is 5.32 Å². The summed E-state index contributed by atoms with van der Waals surface area (Å²) in [5, 5.41) is 5.03. The third kappa shape index (κ3) is 3.44. The number of nitrogens with one attached hydrogen (secondary N) is 1. The van der Waals surface area contributed by atoms with Crippen molar-refractivity contribution in [3.05, 3.63) is 51.1 Å². The molecular weight excluding hydrogens is 353 g/mol. The Morgan fingerprint density at radius 2 is 2.17 bits per heavy atom. The number of anilines is 1. The lowest BCUT2D eigenvalue weighted by Crippen LogP contribution is -2.15. The van der Waals surface area contributed by atoms with Crippen molar-refractivity contribution in [1.82, 2.24) is 0 Å². The molecule has 1 aliphatic carbocycles. The first-order chi connectivity index (χ1) is 11.5. The Labute approximate surface area is 147 Å². The molecule has 126 valence electrons. The van der Waals surface area contributed by atoms with Crippen LogP contribution in [0.3, 0.4) is 0 Å². The van der Waals surface area contributed by atoms with Gasteiger partial charge in [0.05, 0.1) is 22.8 Å². The molecule has 0 unspecified atom stereocenters. The number of hydrogen-bond donors (Lipinski definition) is 1. The monoisotopic (exact) mass is 367 g/mol. The lowest BCUT2D eigenvalue weighted by atomic mass is 10.1. The van der Waals surface area contributed by atoms with Crippen LogP contribution >= 0.6 is 22.9 Å². The van der Waals surface area contributed by atoms with Crippen molar-refractivity contribution in [2.24, 2.45) is 0 Å². The van der Waals surface area contributed by atoms with Crippen LogP contribution in [0.1, 0.15) is 52.0 Å². The summed E-state index contributed by atoms with van der Waals surface area (Å²) >= 11 is 7.20. The summed E-state index contributed by atoms with van der Waals surface area (Å²) in [5.74, 6) is -1.10. The molecule has 1 aromatic heterocycles. The maximum Gasteiger partial charge on any atom is 0.341 e. The van der Waals surface area contributed by atoms with Crippen LogP contribution in [-0.2, 0) is 4.74 Å². The quantitative estimate of drug-likeness (QED) is 0.769. The van der Waals surface area contributed by atoms with E-state index in [4.69, 9.17) is 16.3 Å². The molecule has 7 heteroatoms. The fourth-order valence-corrected chi connectivity index (χ4v) is 3.69. The van der Waals surface area contributed by atoms with Crippen molar-refractivity contribution in [2.75, 3.05) is 11.9 Å². The number of benzene rings is 1. The molecular formula is C17H15ClFNO3S. The van der Waals surface area contributed by atoms with E-state index in [9.17, 15) is 14.0 Å². The van der Waals surface area contributed by atoms with Gasteiger partial charge in [-0.15, -0.1) is 11.3 Å². The first-order valence-corrected chi connectivity index (χ1v) is 8.82. The van der Waals surface area contributed by atoms with Gasteiger partial charge in [-0.3, -0.25) is 4.79 Å². The Bertz CT molecular complexity index is 801. The van der Waals surface area contributed by atoms with Gasteiger partial charge in [-0.2, -0.15) is 0 Å². The lowest BCUT2D eigenvalue weighted by molar-refractivity contribution is 0.0527. The molecule has 0 saturated heterocycles. The van der Waals surface area contributed by atoms with Gasteiger partial charge in [0.1, 0.15) is 10.8 Å². The van der Waals surface area contributed by atoms with E-state index < -0.39 is 17.7 Å². The summed E-state index contributed by atoms with van der Waals surface area (Å²) in [6, 6.07) is 3.55. The van der Waals surface area contributed by atoms with Gasteiger partial charge >= 0.3 is 5.97 Å². The Balaban J connectivity index is 1.89. The number of halogens is 2. The standard InChI is InChI=1S/C17H15ClFNO3S/c1-2-23-17(22)14-12(9-3-4-9)8-24-16(14)20-15(21)11-6-5-10(19)7-13(11)18/h5-9H,2-4H2,1H3,(H,20,21). The molecule has 0 bridgehead atoms. The molecule has 1 saturated carbocycles. The van der Waals surface area contributed by atoms with Gasteiger partial charge < -0.3 is 10.1 Å². The summed E-state index contributed by atoms with van der Waals surface area (Å²) in [6.07, 6.45) is 2.06. The zero-order valence-corrected chi connectivity index (χ0v) is 14.5. The largest absolute Gasteiger partial charge is 0.462 e. The molecule has 24 heavy (non-hydrogen) atoms. The summed E-state index contributed by atoms with van der Waals surface area (Å²) in [6.45, 7) is 1.99. The topological polar surface area (TPSA) is 55.4 Å². The minimum atomic E-state index is -0.518. The van der Waals surface area contributed by atoms with Crippen molar-refractivity contribution < 1.29 is 18.7 Å². The SMILES string of the molecule is CCOC(=O)c1c(C2CC2)csc1NC(=O)c1ccc(F)cc1Cl. The molecule has 1 fully saturated rings. The second kappa shape index (κ2) is 6.91. The van der Waals surface area contributed by atoms with Gasteiger partial charge in [0, 0.05) is 0 Å². The van der Waals surface area contributed by atoms with Crippen LogP contribution in [0.15, 0.2) is 23.6 Å². The number of esters is 1. The van der Waals surface area contributed by atoms with Crippen molar-refractivity contribution in [1.29, 1.82) is 0 Å². The minimum Gasteiger partial charge on any atom is -0.462 e. The Morgan fingerprint density at radius 3 is 2.79 bits per heavy atom. The van der Waals surface area contributed by atoms with E-state index in [0.29, 0.717) is 16.5 Å². The molecule has 0 radical (unpaired) electrons. The Morgan fingerprint density at radius 1 is 1.42 bits per heavy atom. The van der Waals surface area contributed by atoms with Gasteiger partial charge in [0.2, 0.25) is 0 Å². The third-order valence-corrected chi connectivity index (χ3v) is 4.95. The molecule has 1 N–H and O–H groups in total. The smallest absolute Gasteiger partial charge is 0.341 e. The zero-order valence-electron chi connectivity index (χ0n) is 12.9. The molecule has 0 atom stereocenters. The fraction of sp³-hybridized carbons (Fsp3) is 0.294. The number of hydrogen-bond acceptors (Lipinski definition) is 4. The lowest BCUT2D eigenvalue weighted by Gasteiger charge is -2.09. The molecule has 4 nitrogen and oxygen atoms in total. The van der Waals surface area contributed by atoms with E-state index in [-0.39, 0.29) is 17.2 Å².